The summed E-state index contributed by atoms with van der Waals surface area (Å²) in [6.07, 6.45) is -4.74. The Labute approximate surface area is 104 Å². The Morgan fingerprint density at radius 2 is 1.95 bits per heavy atom. The second kappa shape index (κ2) is 4.47. The maximum absolute atomic E-state index is 13.0. The summed E-state index contributed by atoms with van der Waals surface area (Å²) in [6.45, 7) is 0. The molecule has 0 aliphatic rings. The third kappa shape index (κ3) is 2.48. The Bertz CT molecular complexity index is 654. The van der Waals surface area contributed by atoms with Crippen LogP contribution < -0.4 is 11.3 Å². The number of nitrogens with zero attached hydrogens (tertiary/aromatic N) is 1. The van der Waals surface area contributed by atoms with E-state index in [0.29, 0.717) is 6.07 Å². The molecule has 1 aromatic carbocycles. The van der Waals surface area contributed by atoms with Gasteiger partial charge in [-0.25, -0.2) is 15.2 Å². The summed E-state index contributed by atoms with van der Waals surface area (Å²) in [5, 5.41) is -0.416. The summed E-state index contributed by atoms with van der Waals surface area (Å²) >= 11 is 0. The molecule has 0 aliphatic heterocycles. The highest BCUT2D eigenvalue weighted by molar-refractivity contribution is 5.95. The van der Waals surface area contributed by atoms with Gasteiger partial charge in [0.05, 0.1) is 11.1 Å². The van der Waals surface area contributed by atoms with Crippen molar-refractivity contribution in [3.63, 3.8) is 0 Å². The van der Waals surface area contributed by atoms with Crippen molar-refractivity contribution in [1.29, 1.82) is 0 Å². The maximum atomic E-state index is 13.0. The topological polar surface area (TPSA) is 68.0 Å². The second-order valence-electron chi connectivity index (χ2n) is 3.69. The van der Waals surface area contributed by atoms with Crippen molar-refractivity contribution >= 4 is 16.8 Å². The predicted octanol–water partition coefficient (Wildman–Crippen LogP) is 2.00. The molecule has 100 valence electrons. The molecule has 2 aromatic rings. The van der Waals surface area contributed by atoms with Crippen LogP contribution in [0.3, 0.4) is 0 Å². The third-order valence-corrected chi connectivity index (χ3v) is 2.44. The highest BCUT2D eigenvalue weighted by Gasteiger charge is 2.34. The zero-order valence-corrected chi connectivity index (χ0v) is 9.25. The van der Waals surface area contributed by atoms with Gasteiger partial charge in [-0.3, -0.25) is 10.2 Å². The van der Waals surface area contributed by atoms with Gasteiger partial charge >= 0.3 is 6.18 Å². The summed E-state index contributed by atoms with van der Waals surface area (Å²) in [5.74, 6) is 3.07. The number of fused-ring (bicyclic) bond motifs is 1. The Morgan fingerprint density at radius 1 is 1.26 bits per heavy atom. The number of hydrogen-bond donors (Lipinski definition) is 2. The average molecular weight is 273 g/mol. The lowest BCUT2D eigenvalue weighted by Gasteiger charge is -2.11. The average Bonchev–Trinajstić information content (AvgIpc) is 2.35. The van der Waals surface area contributed by atoms with Crippen LogP contribution in [-0.4, -0.2) is 10.9 Å². The number of pyridine rings is 1. The number of nitrogens with one attached hydrogen (secondary N) is 1. The van der Waals surface area contributed by atoms with E-state index in [0.717, 1.165) is 18.2 Å². The van der Waals surface area contributed by atoms with Gasteiger partial charge in [-0.2, -0.15) is 13.2 Å². The lowest BCUT2D eigenvalue weighted by atomic mass is 10.1. The number of aromatic nitrogens is 1. The molecule has 0 spiro atoms. The molecule has 0 atom stereocenters. The van der Waals surface area contributed by atoms with Crippen molar-refractivity contribution in [3.05, 3.63) is 41.3 Å². The molecule has 0 fully saturated rings. The number of carbonyl (C=O) groups excluding carboxylic acids is 1. The van der Waals surface area contributed by atoms with E-state index in [1.165, 1.54) is 0 Å². The number of carbonyl (C=O) groups is 1. The molecule has 0 bridgehead atoms. The smallest absolute Gasteiger partial charge is 0.289 e. The molecule has 4 nitrogen and oxygen atoms in total. The zero-order chi connectivity index (χ0) is 14.2. The Hall–Kier alpha value is -2.22. The van der Waals surface area contributed by atoms with Gasteiger partial charge in [0.15, 0.2) is 0 Å². The molecule has 0 saturated heterocycles. The molecule has 2 rings (SSSR count). The van der Waals surface area contributed by atoms with E-state index in [-0.39, 0.29) is 5.52 Å². The number of rotatable bonds is 1. The fraction of sp³-hybridized carbons (Fsp3) is 0.0909. The van der Waals surface area contributed by atoms with Crippen LogP contribution in [0.15, 0.2) is 24.3 Å². The SMILES string of the molecule is NNC(=O)c1cc(C(F)(F)F)c2cc(F)ccc2n1. The number of nitrogens with two attached hydrogens (primary N) is 1. The fourth-order valence-corrected chi connectivity index (χ4v) is 1.62. The van der Waals surface area contributed by atoms with E-state index in [1.54, 1.807) is 5.43 Å². The molecule has 0 aliphatic carbocycles. The molecular formula is C11H7F4N3O. The summed E-state index contributed by atoms with van der Waals surface area (Å²) in [7, 11) is 0. The Kier molecular flexibility index (Phi) is 3.11. The van der Waals surface area contributed by atoms with Crippen molar-refractivity contribution in [1.82, 2.24) is 10.4 Å². The first-order valence-corrected chi connectivity index (χ1v) is 5.01. The van der Waals surface area contributed by atoms with E-state index in [9.17, 15) is 22.4 Å². The van der Waals surface area contributed by atoms with Gasteiger partial charge in [-0.05, 0) is 24.3 Å². The van der Waals surface area contributed by atoms with Crippen LogP contribution in [0.5, 0.6) is 0 Å². The number of amides is 1. The van der Waals surface area contributed by atoms with Gasteiger partial charge < -0.3 is 0 Å². The van der Waals surface area contributed by atoms with Crippen LogP contribution in [0.25, 0.3) is 10.9 Å². The van der Waals surface area contributed by atoms with Gasteiger partial charge in [-0.1, -0.05) is 0 Å². The number of halogens is 4. The largest absolute Gasteiger partial charge is 0.417 e. The molecule has 1 heterocycles. The van der Waals surface area contributed by atoms with Crippen LogP contribution in [0.1, 0.15) is 16.1 Å². The fourth-order valence-electron chi connectivity index (χ4n) is 1.62. The van der Waals surface area contributed by atoms with Crippen LogP contribution in [0.4, 0.5) is 17.6 Å². The van der Waals surface area contributed by atoms with Crippen LogP contribution in [-0.2, 0) is 6.18 Å². The normalized spacial score (nSPS) is 11.6. The summed E-state index contributed by atoms with van der Waals surface area (Å²) in [6, 6.07) is 3.27. The van der Waals surface area contributed by atoms with Gasteiger partial charge in [0, 0.05) is 5.39 Å². The number of hydrazine groups is 1. The van der Waals surface area contributed by atoms with Crippen molar-refractivity contribution in [2.24, 2.45) is 5.84 Å². The van der Waals surface area contributed by atoms with Gasteiger partial charge in [0.1, 0.15) is 11.5 Å². The van der Waals surface area contributed by atoms with Gasteiger partial charge in [-0.15, -0.1) is 0 Å². The highest BCUT2D eigenvalue weighted by Crippen LogP contribution is 2.35. The molecule has 19 heavy (non-hydrogen) atoms. The van der Waals surface area contributed by atoms with E-state index in [4.69, 9.17) is 5.84 Å². The van der Waals surface area contributed by atoms with Crippen molar-refractivity contribution in [2.45, 2.75) is 6.18 Å². The van der Waals surface area contributed by atoms with Crippen LogP contribution in [0.2, 0.25) is 0 Å². The summed E-state index contributed by atoms with van der Waals surface area (Å²) in [5.41, 5.74) is -0.0852. The molecular weight excluding hydrogens is 266 g/mol. The van der Waals surface area contributed by atoms with Crippen molar-refractivity contribution in [3.8, 4) is 0 Å². The summed E-state index contributed by atoms with van der Waals surface area (Å²) < 4.78 is 51.7. The molecule has 1 aromatic heterocycles. The minimum atomic E-state index is -4.74. The second-order valence-corrected chi connectivity index (χ2v) is 3.69. The summed E-state index contributed by atoms with van der Waals surface area (Å²) in [4.78, 5) is 15.0. The number of benzene rings is 1. The van der Waals surface area contributed by atoms with Crippen molar-refractivity contribution in [2.75, 3.05) is 0 Å². The lowest BCUT2D eigenvalue weighted by molar-refractivity contribution is -0.136. The number of hydrogen-bond acceptors (Lipinski definition) is 3. The standard InChI is InChI=1S/C11H7F4N3O/c12-5-1-2-8-6(3-5)7(11(13,14)15)4-9(17-8)10(19)18-16/h1-4H,16H2,(H,18,19). The molecule has 0 radical (unpaired) electrons. The van der Waals surface area contributed by atoms with E-state index in [2.05, 4.69) is 4.98 Å². The molecule has 1 amide bonds. The molecule has 8 heteroatoms. The minimum absolute atomic E-state index is 0.144. The van der Waals surface area contributed by atoms with Crippen LogP contribution in [0, 0.1) is 5.82 Å². The first-order chi connectivity index (χ1) is 8.82. The highest BCUT2D eigenvalue weighted by atomic mass is 19.4. The first-order valence-electron chi connectivity index (χ1n) is 5.01. The van der Waals surface area contributed by atoms with E-state index in [1.807, 2.05) is 0 Å². The Morgan fingerprint density at radius 3 is 2.53 bits per heavy atom. The minimum Gasteiger partial charge on any atom is -0.289 e. The van der Waals surface area contributed by atoms with Crippen LogP contribution >= 0.6 is 0 Å². The Balaban J connectivity index is 2.80. The van der Waals surface area contributed by atoms with E-state index < -0.39 is 34.5 Å². The predicted molar refractivity (Wildman–Crippen MR) is 58.4 cm³/mol. The molecule has 0 unspecified atom stereocenters. The quantitative estimate of drug-likeness (QED) is 0.361. The molecule has 0 saturated carbocycles. The van der Waals surface area contributed by atoms with Crippen molar-refractivity contribution < 1.29 is 22.4 Å². The number of nitrogen functional groups attached to an aromatic ring is 1. The lowest BCUT2D eigenvalue weighted by Crippen LogP contribution is -2.31. The van der Waals surface area contributed by atoms with Gasteiger partial charge in [0.25, 0.3) is 5.91 Å². The zero-order valence-electron chi connectivity index (χ0n) is 9.25. The third-order valence-electron chi connectivity index (χ3n) is 2.44. The number of alkyl halides is 3. The first kappa shape index (κ1) is 13.2. The monoisotopic (exact) mass is 273 g/mol. The van der Waals surface area contributed by atoms with E-state index >= 15 is 0 Å². The van der Waals surface area contributed by atoms with Gasteiger partial charge in [0.2, 0.25) is 0 Å². The maximum Gasteiger partial charge on any atom is 0.417 e. The molecule has 3 N–H and O–H groups in total.